The predicted octanol–water partition coefficient (Wildman–Crippen LogP) is 2.75. The third-order valence-corrected chi connectivity index (χ3v) is 4.51. The Balaban J connectivity index is 2.11. The third kappa shape index (κ3) is 2.82. The number of likely N-dealkylation sites (tertiary alicyclic amines) is 1. The molecule has 98 valence electrons. The average molecular weight is 239 g/mol. The quantitative estimate of drug-likeness (QED) is 0.820. The van der Waals surface area contributed by atoms with Crippen LogP contribution in [0.5, 0.6) is 0 Å². The fraction of sp³-hybridized carbons (Fsp3) is 0.929. The molecule has 2 rings (SSSR count). The van der Waals surface area contributed by atoms with E-state index in [4.69, 9.17) is 0 Å². The molecule has 0 spiro atoms. The molecule has 3 nitrogen and oxygen atoms in total. The van der Waals surface area contributed by atoms with Gasteiger partial charge in [-0.15, -0.1) is 0 Å². The van der Waals surface area contributed by atoms with E-state index in [2.05, 4.69) is 11.8 Å². The van der Waals surface area contributed by atoms with Crippen LogP contribution in [0.4, 0.5) is 0 Å². The molecule has 2 aliphatic rings. The number of piperidine rings is 1. The second-order valence-corrected chi connectivity index (χ2v) is 5.66. The van der Waals surface area contributed by atoms with Gasteiger partial charge in [0.05, 0.1) is 5.92 Å². The lowest BCUT2D eigenvalue weighted by molar-refractivity contribution is -0.147. The van der Waals surface area contributed by atoms with E-state index in [1.807, 2.05) is 0 Å². The van der Waals surface area contributed by atoms with Gasteiger partial charge in [0.25, 0.3) is 0 Å². The van der Waals surface area contributed by atoms with Gasteiger partial charge in [-0.2, -0.15) is 0 Å². The minimum atomic E-state index is -0.567. The summed E-state index contributed by atoms with van der Waals surface area (Å²) in [6.07, 6.45) is 8.16. The van der Waals surface area contributed by atoms with E-state index in [-0.39, 0.29) is 5.92 Å². The molecule has 1 aliphatic carbocycles. The number of rotatable bonds is 4. The molecule has 1 N–H and O–H groups in total. The van der Waals surface area contributed by atoms with Crippen molar-refractivity contribution < 1.29 is 9.90 Å². The van der Waals surface area contributed by atoms with E-state index in [1.165, 1.54) is 25.7 Å². The highest BCUT2D eigenvalue weighted by atomic mass is 16.4. The van der Waals surface area contributed by atoms with Gasteiger partial charge in [0, 0.05) is 6.04 Å². The van der Waals surface area contributed by atoms with Crippen molar-refractivity contribution in [1.29, 1.82) is 0 Å². The lowest BCUT2D eigenvalue weighted by Gasteiger charge is -2.43. The van der Waals surface area contributed by atoms with Crippen molar-refractivity contribution in [2.75, 3.05) is 13.1 Å². The first-order valence-corrected chi connectivity index (χ1v) is 7.21. The second kappa shape index (κ2) is 5.85. The Kier molecular flexibility index (Phi) is 4.43. The van der Waals surface area contributed by atoms with Gasteiger partial charge < -0.3 is 5.11 Å². The largest absolute Gasteiger partial charge is 0.481 e. The lowest BCUT2D eigenvalue weighted by atomic mass is 9.80. The SMILES string of the molecule is CCCN1CCC[C@H](C(=O)O)[C@H]1C1CCCC1. The smallest absolute Gasteiger partial charge is 0.308 e. The maximum Gasteiger partial charge on any atom is 0.308 e. The van der Waals surface area contributed by atoms with Gasteiger partial charge in [-0.3, -0.25) is 9.69 Å². The molecule has 0 aromatic rings. The first-order chi connectivity index (χ1) is 8.24. The van der Waals surface area contributed by atoms with Crippen LogP contribution in [-0.4, -0.2) is 35.1 Å². The van der Waals surface area contributed by atoms with Crippen LogP contribution in [0.1, 0.15) is 51.9 Å². The van der Waals surface area contributed by atoms with E-state index in [0.717, 1.165) is 32.4 Å². The Hall–Kier alpha value is -0.570. The summed E-state index contributed by atoms with van der Waals surface area (Å²) in [5.41, 5.74) is 0. The summed E-state index contributed by atoms with van der Waals surface area (Å²) in [6.45, 7) is 4.37. The van der Waals surface area contributed by atoms with E-state index < -0.39 is 5.97 Å². The zero-order valence-corrected chi connectivity index (χ0v) is 10.9. The summed E-state index contributed by atoms with van der Waals surface area (Å²) in [4.78, 5) is 13.9. The Morgan fingerprint density at radius 1 is 1.24 bits per heavy atom. The van der Waals surface area contributed by atoms with Gasteiger partial charge in [-0.05, 0) is 51.1 Å². The molecule has 17 heavy (non-hydrogen) atoms. The molecule has 1 saturated carbocycles. The number of carbonyl (C=O) groups is 1. The Morgan fingerprint density at radius 2 is 1.94 bits per heavy atom. The maximum atomic E-state index is 11.4. The standard InChI is InChI=1S/C14H25NO2/c1-2-9-15-10-5-8-12(14(16)17)13(15)11-6-3-4-7-11/h11-13H,2-10H2,1H3,(H,16,17)/t12-,13+/m0/s1. The highest BCUT2D eigenvalue weighted by Crippen LogP contribution is 2.37. The molecule has 0 unspecified atom stereocenters. The number of carboxylic acid groups (broad SMARTS) is 1. The van der Waals surface area contributed by atoms with Crippen molar-refractivity contribution in [3.8, 4) is 0 Å². The van der Waals surface area contributed by atoms with Crippen LogP contribution >= 0.6 is 0 Å². The fourth-order valence-corrected chi connectivity index (χ4v) is 3.83. The van der Waals surface area contributed by atoms with E-state index in [0.29, 0.717) is 12.0 Å². The van der Waals surface area contributed by atoms with Crippen LogP contribution in [0, 0.1) is 11.8 Å². The van der Waals surface area contributed by atoms with E-state index in [1.54, 1.807) is 0 Å². The number of hydrogen-bond donors (Lipinski definition) is 1. The Labute approximate surface area is 104 Å². The Morgan fingerprint density at radius 3 is 2.53 bits per heavy atom. The number of aliphatic carboxylic acids is 1. The lowest BCUT2D eigenvalue weighted by Crippen LogP contribution is -2.51. The number of nitrogens with zero attached hydrogens (tertiary/aromatic N) is 1. The van der Waals surface area contributed by atoms with Crippen LogP contribution in [0.25, 0.3) is 0 Å². The average Bonchev–Trinajstić information content (AvgIpc) is 2.82. The zero-order chi connectivity index (χ0) is 12.3. The summed E-state index contributed by atoms with van der Waals surface area (Å²) in [5, 5.41) is 9.43. The van der Waals surface area contributed by atoms with Gasteiger partial charge in [0.15, 0.2) is 0 Å². The predicted molar refractivity (Wildman–Crippen MR) is 68.0 cm³/mol. The number of hydrogen-bond acceptors (Lipinski definition) is 2. The van der Waals surface area contributed by atoms with E-state index >= 15 is 0 Å². The topological polar surface area (TPSA) is 40.5 Å². The first-order valence-electron chi connectivity index (χ1n) is 7.21. The van der Waals surface area contributed by atoms with Crippen molar-refractivity contribution in [1.82, 2.24) is 4.90 Å². The van der Waals surface area contributed by atoms with Gasteiger partial charge in [0.1, 0.15) is 0 Å². The fourth-order valence-electron chi connectivity index (χ4n) is 3.83. The van der Waals surface area contributed by atoms with Gasteiger partial charge in [-0.1, -0.05) is 19.8 Å². The monoisotopic (exact) mass is 239 g/mol. The van der Waals surface area contributed by atoms with Crippen LogP contribution in [0.3, 0.4) is 0 Å². The summed E-state index contributed by atoms with van der Waals surface area (Å²) >= 11 is 0. The molecule has 0 amide bonds. The summed E-state index contributed by atoms with van der Waals surface area (Å²) < 4.78 is 0. The zero-order valence-electron chi connectivity index (χ0n) is 10.9. The van der Waals surface area contributed by atoms with Gasteiger partial charge in [0.2, 0.25) is 0 Å². The molecule has 2 atom stereocenters. The highest BCUT2D eigenvalue weighted by Gasteiger charge is 2.41. The Bertz CT molecular complexity index is 259. The molecular weight excluding hydrogens is 214 g/mol. The maximum absolute atomic E-state index is 11.4. The van der Waals surface area contributed by atoms with Gasteiger partial charge >= 0.3 is 5.97 Å². The number of carboxylic acids is 1. The second-order valence-electron chi connectivity index (χ2n) is 5.66. The van der Waals surface area contributed by atoms with Crippen LogP contribution < -0.4 is 0 Å². The minimum Gasteiger partial charge on any atom is -0.481 e. The molecule has 0 radical (unpaired) electrons. The first kappa shape index (κ1) is 12.9. The van der Waals surface area contributed by atoms with Gasteiger partial charge in [-0.25, -0.2) is 0 Å². The minimum absolute atomic E-state index is 0.113. The van der Waals surface area contributed by atoms with Crippen molar-refractivity contribution in [2.24, 2.45) is 11.8 Å². The summed E-state index contributed by atoms with van der Waals surface area (Å²) in [5.74, 6) is -0.0379. The highest BCUT2D eigenvalue weighted by molar-refractivity contribution is 5.71. The molecular formula is C14H25NO2. The summed E-state index contributed by atoms with van der Waals surface area (Å²) in [6, 6.07) is 0.323. The van der Waals surface area contributed by atoms with Crippen molar-refractivity contribution in [2.45, 2.75) is 57.9 Å². The normalized spacial score (nSPS) is 31.8. The molecule has 0 aromatic carbocycles. The van der Waals surface area contributed by atoms with Crippen LogP contribution in [-0.2, 0) is 4.79 Å². The molecule has 1 saturated heterocycles. The van der Waals surface area contributed by atoms with Crippen molar-refractivity contribution in [3.63, 3.8) is 0 Å². The molecule has 2 fully saturated rings. The van der Waals surface area contributed by atoms with E-state index in [9.17, 15) is 9.90 Å². The van der Waals surface area contributed by atoms with Crippen LogP contribution in [0.15, 0.2) is 0 Å². The molecule has 0 aromatic heterocycles. The van der Waals surface area contributed by atoms with Crippen molar-refractivity contribution >= 4 is 5.97 Å². The molecule has 3 heteroatoms. The van der Waals surface area contributed by atoms with Crippen molar-refractivity contribution in [3.05, 3.63) is 0 Å². The van der Waals surface area contributed by atoms with Crippen LogP contribution in [0.2, 0.25) is 0 Å². The molecule has 1 aliphatic heterocycles. The molecule has 1 heterocycles. The molecule has 0 bridgehead atoms. The summed E-state index contributed by atoms with van der Waals surface area (Å²) in [7, 11) is 0. The third-order valence-electron chi connectivity index (χ3n) is 4.51.